The molecule has 0 radical (unpaired) electrons. The maximum absolute atomic E-state index is 11.4. The number of unbranched alkanes of at least 4 members (excludes halogenated alkanes) is 1. The van der Waals surface area contributed by atoms with E-state index in [1.807, 2.05) is 6.92 Å². The summed E-state index contributed by atoms with van der Waals surface area (Å²) < 4.78 is 0. The minimum Gasteiger partial charge on any atom is -0.351 e. The van der Waals surface area contributed by atoms with Crippen molar-refractivity contribution in [3.05, 3.63) is 0 Å². The fourth-order valence-electron chi connectivity index (χ4n) is 1.13. The number of carbonyl (C=O) groups excluding carboxylic acids is 1. The molecule has 0 heterocycles. The van der Waals surface area contributed by atoms with Crippen molar-refractivity contribution < 1.29 is 4.79 Å². The van der Waals surface area contributed by atoms with E-state index >= 15 is 0 Å². The molecule has 2 atom stereocenters. The summed E-state index contributed by atoms with van der Waals surface area (Å²) in [6.45, 7) is 3.95. The van der Waals surface area contributed by atoms with E-state index < -0.39 is 6.04 Å². The van der Waals surface area contributed by atoms with E-state index in [4.69, 9.17) is 12.2 Å². The molecule has 80 valence electrons. The molecule has 0 saturated carbocycles. The van der Waals surface area contributed by atoms with Gasteiger partial charge >= 0.3 is 0 Å². The first-order chi connectivity index (χ1) is 6.61. The summed E-state index contributed by atoms with van der Waals surface area (Å²) in [6, 6.07) is -0.379. The summed E-state index contributed by atoms with van der Waals surface area (Å²) in [5.41, 5.74) is 5.68. The van der Waals surface area contributed by atoms with Crippen molar-refractivity contribution in [2.45, 2.75) is 51.6 Å². The summed E-state index contributed by atoms with van der Waals surface area (Å²) in [5.74, 6) is 2.40. The maximum Gasteiger partial charge on any atom is 0.237 e. The van der Waals surface area contributed by atoms with Gasteiger partial charge in [0.1, 0.15) is 0 Å². The van der Waals surface area contributed by atoms with Crippen LogP contribution in [0.1, 0.15) is 39.5 Å². The van der Waals surface area contributed by atoms with Gasteiger partial charge in [0.2, 0.25) is 5.91 Å². The van der Waals surface area contributed by atoms with E-state index in [0.717, 1.165) is 19.3 Å². The van der Waals surface area contributed by atoms with Gasteiger partial charge in [-0.3, -0.25) is 4.79 Å². The smallest absolute Gasteiger partial charge is 0.237 e. The zero-order valence-corrected chi connectivity index (χ0v) is 9.05. The first-order valence-electron chi connectivity index (χ1n) is 5.11. The van der Waals surface area contributed by atoms with Crippen molar-refractivity contribution in [1.29, 1.82) is 0 Å². The highest BCUT2D eigenvalue weighted by Gasteiger charge is 2.14. The Hall–Kier alpha value is -1.01. The molecule has 0 aliphatic carbocycles. The maximum atomic E-state index is 11.4. The lowest BCUT2D eigenvalue weighted by atomic mass is 10.1. The Morgan fingerprint density at radius 3 is 2.79 bits per heavy atom. The van der Waals surface area contributed by atoms with Crippen molar-refractivity contribution in [2.75, 3.05) is 0 Å². The van der Waals surface area contributed by atoms with Gasteiger partial charge < -0.3 is 11.1 Å². The van der Waals surface area contributed by atoms with Crippen LogP contribution in [0.25, 0.3) is 0 Å². The molecule has 0 fully saturated rings. The fourth-order valence-corrected chi connectivity index (χ4v) is 1.13. The monoisotopic (exact) mass is 196 g/mol. The first-order valence-corrected chi connectivity index (χ1v) is 5.11. The van der Waals surface area contributed by atoms with Crippen molar-refractivity contribution in [2.24, 2.45) is 5.73 Å². The lowest BCUT2D eigenvalue weighted by Crippen LogP contribution is -2.44. The predicted octanol–water partition coefficient (Wildman–Crippen LogP) is 1.03. The van der Waals surface area contributed by atoms with Crippen molar-refractivity contribution in [1.82, 2.24) is 5.32 Å². The number of nitrogens with two attached hydrogens (primary N) is 1. The zero-order valence-electron chi connectivity index (χ0n) is 9.05. The molecule has 0 aliphatic heterocycles. The lowest BCUT2D eigenvalue weighted by molar-refractivity contribution is -0.123. The molecule has 0 bridgehead atoms. The van der Waals surface area contributed by atoms with Crippen LogP contribution in [0.15, 0.2) is 0 Å². The Bertz CT molecular complexity index is 208. The van der Waals surface area contributed by atoms with E-state index in [-0.39, 0.29) is 11.9 Å². The Morgan fingerprint density at radius 2 is 2.29 bits per heavy atom. The number of hydrogen-bond donors (Lipinski definition) is 2. The van der Waals surface area contributed by atoms with E-state index in [1.165, 1.54) is 0 Å². The predicted molar refractivity (Wildman–Crippen MR) is 58.6 cm³/mol. The van der Waals surface area contributed by atoms with Gasteiger partial charge in [-0.15, -0.1) is 12.3 Å². The van der Waals surface area contributed by atoms with Crippen LogP contribution in [-0.4, -0.2) is 18.0 Å². The van der Waals surface area contributed by atoms with Crippen molar-refractivity contribution in [3.8, 4) is 12.3 Å². The van der Waals surface area contributed by atoms with Crippen LogP contribution in [0.5, 0.6) is 0 Å². The molecule has 14 heavy (non-hydrogen) atoms. The quantitative estimate of drug-likeness (QED) is 0.623. The molecule has 0 spiro atoms. The summed E-state index contributed by atoms with van der Waals surface area (Å²) in [5, 5.41) is 2.78. The van der Waals surface area contributed by atoms with E-state index in [1.54, 1.807) is 0 Å². The van der Waals surface area contributed by atoms with Crippen LogP contribution in [0.3, 0.4) is 0 Å². The molecule has 3 heteroatoms. The Kier molecular flexibility index (Phi) is 6.87. The molecule has 1 amide bonds. The van der Waals surface area contributed by atoms with Crippen LogP contribution < -0.4 is 11.1 Å². The molecule has 2 unspecified atom stereocenters. The third-order valence-electron chi connectivity index (χ3n) is 2.02. The minimum atomic E-state index is -0.393. The molecule has 3 N–H and O–H groups in total. The van der Waals surface area contributed by atoms with E-state index in [2.05, 4.69) is 18.2 Å². The topological polar surface area (TPSA) is 55.1 Å². The number of nitrogens with one attached hydrogen (secondary N) is 1. The largest absolute Gasteiger partial charge is 0.351 e. The molecule has 0 aromatic rings. The van der Waals surface area contributed by atoms with Gasteiger partial charge in [-0.05, 0) is 13.3 Å². The standard InChI is InChI=1S/C11H20N2O/c1-4-6-8-10(12)11(14)13-9(3)7-5-2/h2,9-10H,4,6-8,12H2,1,3H3,(H,13,14). The highest BCUT2D eigenvalue weighted by atomic mass is 16.2. The number of hydrogen-bond acceptors (Lipinski definition) is 2. The average molecular weight is 196 g/mol. The zero-order chi connectivity index (χ0) is 11.0. The Labute approximate surface area is 86.4 Å². The summed E-state index contributed by atoms with van der Waals surface area (Å²) in [6.07, 6.45) is 8.46. The highest BCUT2D eigenvalue weighted by molar-refractivity contribution is 5.81. The Balaban J connectivity index is 3.77. The van der Waals surface area contributed by atoms with Gasteiger partial charge in [-0.1, -0.05) is 19.8 Å². The lowest BCUT2D eigenvalue weighted by Gasteiger charge is -2.15. The minimum absolute atomic E-state index is 0.0141. The van der Waals surface area contributed by atoms with Gasteiger partial charge in [-0.2, -0.15) is 0 Å². The van der Waals surface area contributed by atoms with Gasteiger partial charge in [0.15, 0.2) is 0 Å². The summed E-state index contributed by atoms with van der Waals surface area (Å²) in [4.78, 5) is 11.4. The molecule has 0 aromatic heterocycles. The second-order valence-electron chi connectivity index (χ2n) is 3.57. The molecular weight excluding hydrogens is 176 g/mol. The van der Waals surface area contributed by atoms with Gasteiger partial charge in [0.25, 0.3) is 0 Å². The van der Waals surface area contributed by atoms with Crippen molar-refractivity contribution in [3.63, 3.8) is 0 Å². The first kappa shape index (κ1) is 13.0. The average Bonchev–Trinajstić information content (AvgIpc) is 2.14. The third-order valence-corrected chi connectivity index (χ3v) is 2.02. The summed E-state index contributed by atoms with van der Waals surface area (Å²) in [7, 11) is 0. The van der Waals surface area contributed by atoms with Gasteiger partial charge in [0.05, 0.1) is 6.04 Å². The highest BCUT2D eigenvalue weighted by Crippen LogP contribution is 1.99. The van der Waals surface area contributed by atoms with Crippen LogP contribution >= 0.6 is 0 Å². The van der Waals surface area contributed by atoms with E-state index in [9.17, 15) is 4.79 Å². The molecule has 3 nitrogen and oxygen atoms in total. The van der Waals surface area contributed by atoms with Gasteiger partial charge in [0, 0.05) is 12.5 Å². The summed E-state index contributed by atoms with van der Waals surface area (Å²) >= 11 is 0. The molecule has 0 aliphatic rings. The molecular formula is C11H20N2O. The number of rotatable bonds is 6. The number of terminal acetylenes is 1. The second-order valence-corrected chi connectivity index (χ2v) is 3.57. The fraction of sp³-hybridized carbons (Fsp3) is 0.727. The molecule has 0 rings (SSSR count). The molecule has 0 aromatic carbocycles. The molecule has 0 saturated heterocycles. The van der Waals surface area contributed by atoms with Crippen LogP contribution in [0.2, 0.25) is 0 Å². The van der Waals surface area contributed by atoms with Crippen molar-refractivity contribution >= 4 is 5.91 Å². The third kappa shape index (κ3) is 5.60. The second kappa shape index (κ2) is 7.40. The Morgan fingerprint density at radius 1 is 1.64 bits per heavy atom. The van der Waals surface area contributed by atoms with Crippen LogP contribution in [-0.2, 0) is 4.79 Å². The number of carbonyl (C=O) groups is 1. The van der Waals surface area contributed by atoms with Crippen LogP contribution in [0, 0.1) is 12.3 Å². The van der Waals surface area contributed by atoms with Crippen LogP contribution in [0.4, 0.5) is 0 Å². The van der Waals surface area contributed by atoms with Gasteiger partial charge in [-0.25, -0.2) is 0 Å². The van der Waals surface area contributed by atoms with E-state index in [0.29, 0.717) is 6.42 Å². The normalized spacial score (nSPS) is 14.1. The SMILES string of the molecule is C#CCC(C)NC(=O)C(N)CCCC. The number of amides is 1.